The molecule has 0 amide bonds. The number of hydrogen-bond acceptors (Lipinski definition) is 2. The minimum atomic E-state index is -0.411. The first-order chi connectivity index (χ1) is 4.41. The maximum Gasteiger partial charge on any atom is 0.113 e. The first-order valence-electron chi connectivity index (χ1n) is 3.13. The average Bonchev–Trinajstić information content (AvgIpc) is 1.89. The second kappa shape index (κ2) is 7.85. The molecule has 0 unspecified atom stereocenters. The van der Waals surface area contributed by atoms with Gasteiger partial charge in [-0.3, -0.25) is 0 Å². The van der Waals surface area contributed by atoms with Gasteiger partial charge < -0.3 is 9.47 Å². The van der Waals surface area contributed by atoms with Crippen LogP contribution in [0.1, 0.15) is 6.92 Å². The van der Waals surface area contributed by atoms with Gasteiger partial charge in [0.05, 0.1) is 19.8 Å². The fraction of sp³-hybridized carbons (Fsp3) is 1.00. The molecule has 0 heterocycles. The third-order valence-corrected chi connectivity index (χ3v) is 0.798. The lowest BCUT2D eigenvalue weighted by Gasteiger charge is -2.00. The Morgan fingerprint density at radius 3 is 2.33 bits per heavy atom. The van der Waals surface area contributed by atoms with Crippen molar-refractivity contribution in [2.75, 3.05) is 33.1 Å². The van der Waals surface area contributed by atoms with Crippen molar-refractivity contribution < 1.29 is 13.9 Å². The minimum Gasteiger partial charge on any atom is -0.379 e. The molecule has 0 bridgehead atoms. The molecule has 0 aliphatic carbocycles. The van der Waals surface area contributed by atoms with Gasteiger partial charge in [0.25, 0.3) is 0 Å². The van der Waals surface area contributed by atoms with Crippen molar-refractivity contribution >= 4 is 0 Å². The normalized spacial score (nSPS) is 10.0. The zero-order valence-corrected chi connectivity index (χ0v) is 5.73. The van der Waals surface area contributed by atoms with Crippen LogP contribution in [0.3, 0.4) is 0 Å². The summed E-state index contributed by atoms with van der Waals surface area (Å²) in [6.07, 6.45) is 0. The summed E-state index contributed by atoms with van der Waals surface area (Å²) in [6.45, 7) is 3.45. The third-order valence-electron chi connectivity index (χ3n) is 0.798. The topological polar surface area (TPSA) is 18.5 Å². The highest BCUT2D eigenvalue weighted by molar-refractivity contribution is 4.28. The molecule has 0 aromatic rings. The van der Waals surface area contributed by atoms with Gasteiger partial charge in [0.2, 0.25) is 0 Å². The van der Waals surface area contributed by atoms with Crippen molar-refractivity contribution in [3.8, 4) is 0 Å². The summed E-state index contributed by atoms with van der Waals surface area (Å²) in [4.78, 5) is 0. The van der Waals surface area contributed by atoms with Gasteiger partial charge in [-0.05, 0) is 6.92 Å². The molecule has 0 N–H and O–H groups in total. The van der Waals surface area contributed by atoms with E-state index in [2.05, 4.69) is 0 Å². The standard InChI is InChI=1S/C6H13FO2/c1-2-8-5-6-9-4-3-7/h2-6H2,1H3/i7-1. The van der Waals surface area contributed by atoms with Crippen molar-refractivity contribution in [1.29, 1.82) is 0 Å². The van der Waals surface area contributed by atoms with Gasteiger partial charge in [-0.25, -0.2) is 4.39 Å². The van der Waals surface area contributed by atoms with Gasteiger partial charge in [0.15, 0.2) is 0 Å². The van der Waals surface area contributed by atoms with Crippen LogP contribution >= 0.6 is 0 Å². The molecule has 0 saturated heterocycles. The molecule has 3 heteroatoms. The molecule has 9 heavy (non-hydrogen) atoms. The first-order valence-corrected chi connectivity index (χ1v) is 3.13. The van der Waals surface area contributed by atoms with E-state index in [9.17, 15) is 4.39 Å². The molecular formula is C6H13FO2. The Kier molecular flexibility index (Phi) is 7.72. The second-order valence-corrected chi connectivity index (χ2v) is 1.50. The average molecular weight is 135 g/mol. The van der Waals surface area contributed by atoms with E-state index in [0.29, 0.717) is 19.8 Å². The maximum absolute atomic E-state index is 11.3. The molecule has 0 fully saturated rings. The number of halogens is 1. The molecule has 0 radical (unpaired) electrons. The predicted molar refractivity (Wildman–Crippen MR) is 33.3 cm³/mol. The Morgan fingerprint density at radius 2 is 1.78 bits per heavy atom. The van der Waals surface area contributed by atoms with E-state index in [1.807, 2.05) is 6.92 Å². The summed E-state index contributed by atoms with van der Waals surface area (Å²) in [5, 5.41) is 0. The summed E-state index contributed by atoms with van der Waals surface area (Å²) < 4.78 is 21.1. The molecule has 0 aromatic heterocycles. The van der Waals surface area contributed by atoms with Crippen LogP contribution in [0, 0.1) is 0 Å². The molecule has 0 spiro atoms. The number of alkyl halides is 1. The van der Waals surface area contributed by atoms with Crippen molar-refractivity contribution in [2.24, 2.45) is 0 Å². The molecule has 56 valence electrons. The summed E-state index contributed by atoms with van der Waals surface area (Å²) in [7, 11) is 0. The van der Waals surface area contributed by atoms with Gasteiger partial charge in [-0.15, -0.1) is 0 Å². The SMILES string of the molecule is CCOCCOCC[18F]. The number of ether oxygens (including phenoxy) is 2. The van der Waals surface area contributed by atoms with Crippen LogP contribution in [0.15, 0.2) is 0 Å². The monoisotopic (exact) mass is 135 g/mol. The van der Waals surface area contributed by atoms with Crippen LogP contribution in [0.5, 0.6) is 0 Å². The Hall–Kier alpha value is -0.150. The molecule has 0 aliphatic heterocycles. The molecule has 0 atom stereocenters. The van der Waals surface area contributed by atoms with E-state index in [0.717, 1.165) is 0 Å². The van der Waals surface area contributed by atoms with E-state index in [1.54, 1.807) is 0 Å². The Bertz CT molecular complexity index is 44.3. The van der Waals surface area contributed by atoms with Gasteiger partial charge in [0, 0.05) is 6.61 Å². The van der Waals surface area contributed by atoms with Gasteiger partial charge >= 0.3 is 0 Å². The van der Waals surface area contributed by atoms with Gasteiger partial charge in [-0.1, -0.05) is 0 Å². The van der Waals surface area contributed by atoms with Crippen molar-refractivity contribution in [3.63, 3.8) is 0 Å². The van der Waals surface area contributed by atoms with Crippen LogP contribution in [-0.4, -0.2) is 33.1 Å². The van der Waals surface area contributed by atoms with Crippen LogP contribution < -0.4 is 0 Å². The van der Waals surface area contributed by atoms with Crippen molar-refractivity contribution in [3.05, 3.63) is 0 Å². The number of hydrogen-bond donors (Lipinski definition) is 0. The van der Waals surface area contributed by atoms with Crippen molar-refractivity contribution in [2.45, 2.75) is 6.92 Å². The lowest BCUT2D eigenvalue weighted by Crippen LogP contribution is -2.05. The molecule has 2 nitrogen and oxygen atoms in total. The van der Waals surface area contributed by atoms with E-state index < -0.39 is 6.67 Å². The lowest BCUT2D eigenvalue weighted by atomic mass is 10.7. The summed E-state index contributed by atoms with van der Waals surface area (Å²) in [5.41, 5.74) is 0. The van der Waals surface area contributed by atoms with Crippen LogP contribution in [-0.2, 0) is 9.47 Å². The second-order valence-electron chi connectivity index (χ2n) is 1.50. The highest BCUT2D eigenvalue weighted by atomic mass is 18.2. The highest BCUT2D eigenvalue weighted by Gasteiger charge is 1.85. The molecule has 0 aliphatic rings. The lowest BCUT2D eigenvalue weighted by molar-refractivity contribution is 0.0475. The molecule has 0 rings (SSSR count). The minimum absolute atomic E-state index is 0.188. The Labute approximate surface area is 55.0 Å². The fourth-order valence-corrected chi connectivity index (χ4v) is 0.419. The van der Waals surface area contributed by atoms with Gasteiger partial charge in [0.1, 0.15) is 6.67 Å². The quantitative estimate of drug-likeness (QED) is 0.506. The zero-order chi connectivity index (χ0) is 6.95. The maximum atomic E-state index is 11.3. The largest absolute Gasteiger partial charge is 0.379 e. The smallest absolute Gasteiger partial charge is 0.113 e. The fourth-order valence-electron chi connectivity index (χ4n) is 0.419. The zero-order valence-electron chi connectivity index (χ0n) is 5.73. The molecular weight excluding hydrogens is 122 g/mol. The van der Waals surface area contributed by atoms with Crippen molar-refractivity contribution in [1.82, 2.24) is 0 Å². The summed E-state index contributed by atoms with van der Waals surface area (Å²) in [5.74, 6) is 0. The van der Waals surface area contributed by atoms with E-state index >= 15 is 0 Å². The predicted octanol–water partition coefficient (Wildman–Crippen LogP) is 1.01. The number of rotatable bonds is 6. The Balaban J connectivity index is 2.60. The summed E-state index contributed by atoms with van der Waals surface area (Å²) >= 11 is 0. The van der Waals surface area contributed by atoms with E-state index in [1.165, 1.54) is 0 Å². The van der Waals surface area contributed by atoms with E-state index in [4.69, 9.17) is 9.47 Å². The highest BCUT2D eigenvalue weighted by Crippen LogP contribution is 1.77. The Morgan fingerprint density at radius 1 is 1.11 bits per heavy atom. The molecule has 0 saturated carbocycles. The van der Waals surface area contributed by atoms with Crippen LogP contribution in [0.25, 0.3) is 0 Å². The summed E-state index contributed by atoms with van der Waals surface area (Å²) in [6, 6.07) is 0. The van der Waals surface area contributed by atoms with Crippen LogP contribution in [0.2, 0.25) is 0 Å². The van der Waals surface area contributed by atoms with Crippen LogP contribution in [0.4, 0.5) is 4.39 Å². The first kappa shape index (κ1) is 8.85. The van der Waals surface area contributed by atoms with Gasteiger partial charge in [-0.2, -0.15) is 0 Å². The van der Waals surface area contributed by atoms with E-state index in [-0.39, 0.29) is 6.61 Å². The molecule has 0 aromatic carbocycles. The third kappa shape index (κ3) is 7.85.